The van der Waals surface area contributed by atoms with Crippen LogP contribution in [0.3, 0.4) is 0 Å². The number of methoxy groups -OCH3 is 1. The third-order valence-electron chi connectivity index (χ3n) is 6.64. The fourth-order valence-corrected chi connectivity index (χ4v) is 5.06. The number of Topliss-reactive ketones (excluding diaryl/α,β-unsaturated/α-hetero) is 1. The van der Waals surface area contributed by atoms with Crippen molar-refractivity contribution in [2.45, 2.75) is 70.3 Å². The van der Waals surface area contributed by atoms with Gasteiger partial charge in [0.1, 0.15) is 5.78 Å². The highest BCUT2D eigenvalue weighted by Crippen LogP contribution is 2.37. The molecule has 26 heavy (non-hydrogen) atoms. The highest BCUT2D eigenvalue weighted by atomic mass is 16.5. The fraction of sp³-hybridized carbons (Fsp3) is 0.905. The molecule has 0 aromatic heterocycles. The van der Waals surface area contributed by atoms with Gasteiger partial charge in [0.25, 0.3) is 0 Å². The van der Waals surface area contributed by atoms with Crippen molar-refractivity contribution in [1.29, 1.82) is 0 Å². The van der Waals surface area contributed by atoms with Crippen LogP contribution in [-0.4, -0.2) is 56.1 Å². The monoisotopic (exact) mass is 365 g/mol. The maximum atomic E-state index is 12.9. The first-order valence-corrected chi connectivity index (χ1v) is 10.6. The number of likely N-dealkylation sites (tertiary alicyclic amines) is 1. The molecule has 2 aliphatic carbocycles. The lowest BCUT2D eigenvalue weighted by Gasteiger charge is -2.36. The van der Waals surface area contributed by atoms with E-state index in [4.69, 9.17) is 9.47 Å². The van der Waals surface area contributed by atoms with Crippen LogP contribution in [0, 0.1) is 17.8 Å². The molecule has 1 saturated heterocycles. The van der Waals surface area contributed by atoms with Crippen molar-refractivity contribution in [1.82, 2.24) is 4.90 Å². The van der Waals surface area contributed by atoms with Crippen LogP contribution in [0.1, 0.15) is 64.2 Å². The van der Waals surface area contributed by atoms with Gasteiger partial charge in [0, 0.05) is 18.4 Å². The zero-order valence-corrected chi connectivity index (χ0v) is 16.3. The van der Waals surface area contributed by atoms with Crippen LogP contribution >= 0.6 is 0 Å². The summed E-state index contributed by atoms with van der Waals surface area (Å²) in [7, 11) is 1.44. The molecule has 0 radical (unpaired) electrons. The number of hydrogen-bond donors (Lipinski definition) is 0. The largest absolute Gasteiger partial charge is 0.469 e. The highest BCUT2D eigenvalue weighted by molar-refractivity contribution is 5.84. The number of ether oxygens (including phenoxy) is 2. The van der Waals surface area contributed by atoms with Crippen LogP contribution in [0.4, 0.5) is 0 Å². The van der Waals surface area contributed by atoms with E-state index in [-0.39, 0.29) is 29.8 Å². The number of nitrogens with zero attached hydrogens (tertiary/aromatic N) is 1. The Hall–Kier alpha value is -0.940. The van der Waals surface area contributed by atoms with Gasteiger partial charge in [-0.25, -0.2) is 0 Å². The second kappa shape index (κ2) is 9.84. The molecule has 0 aromatic rings. The second-order valence-electron chi connectivity index (χ2n) is 8.33. The lowest BCUT2D eigenvalue weighted by molar-refractivity contribution is -0.156. The van der Waals surface area contributed by atoms with Crippen molar-refractivity contribution in [3.63, 3.8) is 0 Å². The van der Waals surface area contributed by atoms with Gasteiger partial charge in [0.15, 0.2) is 0 Å². The minimum atomic E-state index is -0.287. The lowest BCUT2D eigenvalue weighted by atomic mass is 9.72. The molecular weight excluding hydrogens is 330 g/mol. The van der Waals surface area contributed by atoms with Crippen LogP contribution in [0.25, 0.3) is 0 Å². The first-order chi connectivity index (χ1) is 12.7. The summed E-state index contributed by atoms with van der Waals surface area (Å²) in [5, 5.41) is 0. The van der Waals surface area contributed by atoms with Gasteiger partial charge >= 0.3 is 5.97 Å². The third-order valence-corrected chi connectivity index (χ3v) is 6.64. The number of carbonyl (C=O) groups is 2. The molecule has 2 saturated carbocycles. The molecule has 3 atom stereocenters. The summed E-state index contributed by atoms with van der Waals surface area (Å²) in [6.45, 7) is 3.92. The molecule has 0 N–H and O–H groups in total. The molecule has 0 aromatic carbocycles. The van der Waals surface area contributed by atoms with Gasteiger partial charge in [-0.15, -0.1) is 0 Å². The van der Waals surface area contributed by atoms with E-state index in [0.717, 1.165) is 45.3 Å². The van der Waals surface area contributed by atoms with Gasteiger partial charge in [-0.05, 0) is 58.0 Å². The quantitative estimate of drug-likeness (QED) is 0.649. The van der Waals surface area contributed by atoms with E-state index in [9.17, 15) is 9.59 Å². The fourth-order valence-electron chi connectivity index (χ4n) is 5.06. The van der Waals surface area contributed by atoms with Crippen molar-refractivity contribution in [3.8, 4) is 0 Å². The van der Waals surface area contributed by atoms with E-state index in [1.165, 1.54) is 39.2 Å². The topological polar surface area (TPSA) is 55.8 Å². The van der Waals surface area contributed by atoms with Gasteiger partial charge in [-0.2, -0.15) is 0 Å². The standard InChI is InChI=1S/C21H35NO4/c1-25-21(24)18-15-17(20(23)16-7-3-2-4-8-16)9-10-19(18)26-14-13-22-11-5-6-12-22/h16-19H,2-15H2,1H3. The zero-order valence-electron chi connectivity index (χ0n) is 16.3. The van der Waals surface area contributed by atoms with Gasteiger partial charge in [0.2, 0.25) is 0 Å². The molecular formula is C21H35NO4. The highest BCUT2D eigenvalue weighted by Gasteiger charge is 2.40. The van der Waals surface area contributed by atoms with Crippen molar-refractivity contribution < 1.29 is 19.1 Å². The lowest BCUT2D eigenvalue weighted by Crippen LogP contribution is -2.41. The van der Waals surface area contributed by atoms with Crippen LogP contribution in [0.5, 0.6) is 0 Å². The van der Waals surface area contributed by atoms with Gasteiger partial charge in [-0.1, -0.05) is 19.3 Å². The predicted molar refractivity (Wildman–Crippen MR) is 99.8 cm³/mol. The Bertz CT molecular complexity index is 469. The summed E-state index contributed by atoms with van der Waals surface area (Å²) >= 11 is 0. The van der Waals surface area contributed by atoms with Crippen LogP contribution in [-0.2, 0) is 19.1 Å². The summed E-state index contributed by atoms with van der Waals surface area (Å²) in [6.07, 6.45) is 10.4. The van der Waals surface area contributed by atoms with Gasteiger partial charge < -0.3 is 14.4 Å². The molecule has 148 valence electrons. The molecule has 3 rings (SSSR count). The molecule has 0 bridgehead atoms. The Morgan fingerprint density at radius 1 is 0.923 bits per heavy atom. The average Bonchev–Trinajstić information content (AvgIpc) is 3.21. The Labute approximate surface area is 157 Å². The average molecular weight is 366 g/mol. The van der Waals surface area contributed by atoms with Gasteiger partial charge in [0.05, 0.1) is 25.7 Å². The Morgan fingerprint density at radius 2 is 1.65 bits per heavy atom. The predicted octanol–water partition coefficient (Wildman–Crippen LogP) is 3.21. The number of rotatable bonds is 7. The van der Waals surface area contributed by atoms with Gasteiger partial charge in [-0.3, -0.25) is 9.59 Å². The number of hydrogen-bond acceptors (Lipinski definition) is 5. The van der Waals surface area contributed by atoms with Crippen molar-refractivity contribution in [2.24, 2.45) is 17.8 Å². The summed E-state index contributed by atoms with van der Waals surface area (Å²) < 4.78 is 11.1. The van der Waals surface area contributed by atoms with E-state index in [1.54, 1.807) is 0 Å². The molecule has 0 spiro atoms. The molecule has 1 aliphatic heterocycles. The summed E-state index contributed by atoms with van der Waals surface area (Å²) in [6, 6.07) is 0. The maximum Gasteiger partial charge on any atom is 0.311 e. The number of ketones is 1. The van der Waals surface area contributed by atoms with Crippen LogP contribution in [0.2, 0.25) is 0 Å². The smallest absolute Gasteiger partial charge is 0.311 e. The molecule has 5 heteroatoms. The Balaban J connectivity index is 1.52. The third kappa shape index (κ3) is 5.07. The minimum Gasteiger partial charge on any atom is -0.469 e. The molecule has 3 fully saturated rings. The molecule has 1 heterocycles. The SMILES string of the molecule is COC(=O)C1CC(C(=O)C2CCCCC2)CCC1OCCN1CCCC1. The zero-order chi connectivity index (χ0) is 18.4. The van der Waals surface area contributed by atoms with E-state index in [0.29, 0.717) is 18.8 Å². The van der Waals surface area contributed by atoms with E-state index < -0.39 is 0 Å². The number of esters is 1. The van der Waals surface area contributed by atoms with Crippen LogP contribution < -0.4 is 0 Å². The van der Waals surface area contributed by atoms with E-state index in [2.05, 4.69) is 4.90 Å². The Kier molecular flexibility index (Phi) is 7.50. The van der Waals surface area contributed by atoms with E-state index >= 15 is 0 Å². The molecule has 3 aliphatic rings. The Morgan fingerprint density at radius 3 is 2.35 bits per heavy atom. The van der Waals surface area contributed by atoms with Crippen LogP contribution in [0.15, 0.2) is 0 Å². The maximum absolute atomic E-state index is 12.9. The van der Waals surface area contributed by atoms with Crippen molar-refractivity contribution >= 4 is 11.8 Å². The summed E-state index contributed by atoms with van der Waals surface area (Å²) in [5.41, 5.74) is 0. The van der Waals surface area contributed by atoms with Crippen molar-refractivity contribution in [2.75, 3.05) is 33.4 Å². The normalized spacial score (nSPS) is 31.0. The number of carbonyl (C=O) groups excluding carboxylic acids is 2. The first kappa shape index (κ1) is 19.8. The molecule has 5 nitrogen and oxygen atoms in total. The molecule has 0 amide bonds. The summed E-state index contributed by atoms with van der Waals surface area (Å²) in [5.74, 6) is 0.136. The van der Waals surface area contributed by atoms with E-state index in [1.807, 2.05) is 0 Å². The van der Waals surface area contributed by atoms with Crippen molar-refractivity contribution in [3.05, 3.63) is 0 Å². The molecule has 3 unspecified atom stereocenters. The first-order valence-electron chi connectivity index (χ1n) is 10.6. The second-order valence-corrected chi connectivity index (χ2v) is 8.33. The summed E-state index contributed by atoms with van der Waals surface area (Å²) in [4.78, 5) is 27.6. The minimum absolute atomic E-state index is 0.0145.